The highest BCUT2D eigenvalue weighted by Crippen LogP contribution is 2.13. The molecule has 1 rings (SSSR count). The van der Waals surface area contributed by atoms with E-state index in [4.69, 9.17) is 16.3 Å². The van der Waals surface area contributed by atoms with Crippen molar-refractivity contribution in [3.8, 4) is 12.1 Å². The first-order valence-electron chi connectivity index (χ1n) is 4.67. The number of nitriles is 2. The molecule has 0 saturated heterocycles. The maximum absolute atomic E-state index is 13.4. The smallest absolute Gasteiger partial charge is 0.129 e. The van der Waals surface area contributed by atoms with Crippen LogP contribution in [0.4, 0.5) is 10.1 Å². The molecule has 1 aromatic rings. The summed E-state index contributed by atoms with van der Waals surface area (Å²) in [5.74, 6) is -0.416. The molecule has 0 radical (unpaired) electrons. The number of hydrogen-bond acceptors (Lipinski definition) is 4. The number of anilines is 1. The summed E-state index contributed by atoms with van der Waals surface area (Å²) in [5, 5.41) is 17.1. The van der Waals surface area contributed by atoms with Gasteiger partial charge in [0.05, 0.1) is 25.2 Å². The van der Waals surface area contributed by atoms with Crippen molar-refractivity contribution >= 4 is 5.69 Å². The fraction of sp³-hybridized carbons (Fsp3) is 0.273. The fourth-order valence-electron chi connectivity index (χ4n) is 1.30. The molecule has 16 heavy (non-hydrogen) atoms. The zero-order valence-corrected chi connectivity index (χ0v) is 8.65. The number of nitrogen functional groups attached to an aromatic ring is 1. The maximum Gasteiger partial charge on any atom is 0.129 e. The Morgan fingerprint density at radius 1 is 1.25 bits per heavy atom. The third-order valence-electron chi connectivity index (χ3n) is 2.06. The van der Waals surface area contributed by atoms with Crippen LogP contribution in [0.2, 0.25) is 0 Å². The van der Waals surface area contributed by atoms with E-state index in [-0.39, 0.29) is 19.6 Å². The number of nitrogens with two attached hydrogens (primary N) is 1. The average molecular weight is 218 g/mol. The van der Waals surface area contributed by atoms with Gasteiger partial charge in [-0.15, -0.1) is 0 Å². The Balaban J connectivity index is 2.78. The summed E-state index contributed by atoms with van der Waals surface area (Å²) < 4.78 is 13.4. The quantitative estimate of drug-likeness (QED) is 0.609. The van der Waals surface area contributed by atoms with E-state index in [2.05, 4.69) is 0 Å². The number of halogens is 1. The molecule has 0 unspecified atom stereocenters. The largest absolute Gasteiger partial charge is 0.399 e. The summed E-state index contributed by atoms with van der Waals surface area (Å²) in [7, 11) is 0. The molecule has 2 N–H and O–H groups in total. The lowest BCUT2D eigenvalue weighted by atomic mass is 10.2. The maximum atomic E-state index is 13.4. The molecule has 82 valence electrons. The molecule has 0 fully saturated rings. The third-order valence-corrected chi connectivity index (χ3v) is 2.06. The summed E-state index contributed by atoms with van der Waals surface area (Å²) in [4.78, 5) is 1.55. The molecule has 0 saturated carbocycles. The van der Waals surface area contributed by atoms with Gasteiger partial charge in [0.25, 0.3) is 0 Å². The predicted molar refractivity (Wildman–Crippen MR) is 57.3 cm³/mol. The zero-order valence-electron chi connectivity index (χ0n) is 8.65. The number of benzene rings is 1. The summed E-state index contributed by atoms with van der Waals surface area (Å²) in [6.07, 6.45) is 0. The van der Waals surface area contributed by atoms with Gasteiger partial charge in [-0.1, -0.05) is 6.07 Å². The minimum Gasteiger partial charge on any atom is -0.399 e. The molecule has 0 heterocycles. The van der Waals surface area contributed by atoms with Crippen molar-refractivity contribution in [3.63, 3.8) is 0 Å². The van der Waals surface area contributed by atoms with Crippen LogP contribution in [0.5, 0.6) is 0 Å². The van der Waals surface area contributed by atoms with Gasteiger partial charge in [0.15, 0.2) is 0 Å². The lowest BCUT2D eigenvalue weighted by Crippen LogP contribution is -2.24. The summed E-state index contributed by atoms with van der Waals surface area (Å²) in [5.41, 5.74) is 6.20. The van der Waals surface area contributed by atoms with Crippen LogP contribution in [0.25, 0.3) is 0 Å². The van der Waals surface area contributed by atoms with Gasteiger partial charge in [-0.3, -0.25) is 4.90 Å². The lowest BCUT2D eigenvalue weighted by molar-refractivity contribution is 0.329. The van der Waals surface area contributed by atoms with E-state index >= 15 is 0 Å². The molecule has 5 heteroatoms. The van der Waals surface area contributed by atoms with Gasteiger partial charge in [0.1, 0.15) is 5.82 Å². The van der Waals surface area contributed by atoms with Crippen LogP contribution in [0, 0.1) is 28.5 Å². The Kier molecular flexibility index (Phi) is 4.26. The average Bonchev–Trinajstić information content (AvgIpc) is 2.23. The van der Waals surface area contributed by atoms with Gasteiger partial charge in [-0.2, -0.15) is 10.5 Å². The second-order valence-electron chi connectivity index (χ2n) is 3.31. The SMILES string of the molecule is N#CCN(CC#N)Cc1ccc(N)cc1F. The monoisotopic (exact) mass is 218 g/mol. The molecule has 0 spiro atoms. The highest BCUT2D eigenvalue weighted by Gasteiger charge is 2.08. The van der Waals surface area contributed by atoms with Crippen LogP contribution in [-0.2, 0) is 6.54 Å². The fourth-order valence-corrected chi connectivity index (χ4v) is 1.30. The molecular weight excluding hydrogens is 207 g/mol. The van der Waals surface area contributed by atoms with E-state index in [0.717, 1.165) is 0 Å². The summed E-state index contributed by atoms with van der Waals surface area (Å²) >= 11 is 0. The van der Waals surface area contributed by atoms with Crippen molar-refractivity contribution in [2.45, 2.75) is 6.54 Å². The van der Waals surface area contributed by atoms with Crippen molar-refractivity contribution in [2.24, 2.45) is 0 Å². The number of nitrogens with zero attached hydrogens (tertiary/aromatic N) is 3. The zero-order chi connectivity index (χ0) is 12.0. The summed E-state index contributed by atoms with van der Waals surface area (Å²) in [6, 6.07) is 8.25. The van der Waals surface area contributed by atoms with Crippen molar-refractivity contribution in [2.75, 3.05) is 18.8 Å². The van der Waals surface area contributed by atoms with Crippen molar-refractivity contribution in [1.82, 2.24) is 4.90 Å². The Labute approximate surface area is 93.3 Å². The van der Waals surface area contributed by atoms with Crippen LogP contribution in [0.1, 0.15) is 5.56 Å². The molecule has 0 bridgehead atoms. The molecule has 0 amide bonds. The molecule has 0 aliphatic carbocycles. The summed E-state index contributed by atoms with van der Waals surface area (Å²) in [6.45, 7) is 0.419. The molecule has 1 aromatic carbocycles. The van der Waals surface area contributed by atoms with Crippen LogP contribution in [0.3, 0.4) is 0 Å². The normalized spacial score (nSPS) is 9.75. The Morgan fingerprint density at radius 2 is 1.88 bits per heavy atom. The number of rotatable bonds is 4. The van der Waals surface area contributed by atoms with Crippen molar-refractivity contribution in [1.29, 1.82) is 10.5 Å². The molecular formula is C11H11FN4. The van der Waals surface area contributed by atoms with Gasteiger partial charge >= 0.3 is 0 Å². The molecule has 0 atom stereocenters. The molecule has 0 aliphatic heterocycles. The van der Waals surface area contributed by atoms with Gasteiger partial charge in [0.2, 0.25) is 0 Å². The predicted octanol–water partition coefficient (Wildman–Crippen LogP) is 1.26. The highest BCUT2D eigenvalue weighted by atomic mass is 19.1. The van der Waals surface area contributed by atoms with Crippen LogP contribution < -0.4 is 5.73 Å². The standard InChI is InChI=1S/C11H11FN4/c12-11-7-10(15)2-1-9(11)8-16(5-3-13)6-4-14/h1-2,7H,5-6,8,15H2. The minimum absolute atomic E-state index is 0.0946. The Morgan fingerprint density at radius 3 is 2.38 bits per heavy atom. The lowest BCUT2D eigenvalue weighted by Gasteiger charge is -2.15. The topological polar surface area (TPSA) is 76.8 Å². The van der Waals surface area contributed by atoms with E-state index < -0.39 is 5.82 Å². The van der Waals surface area contributed by atoms with Gasteiger partial charge < -0.3 is 5.73 Å². The molecule has 0 aromatic heterocycles. The number of hydrogen-bond donors (Lipinski definition) is 1. The first kappa shape index (κ1) is 12.0. The van der Waals surface area contributed by atoms with E-state index in [1.807, 2.05) is 12.1 Å². The third kappa shape index (κ3) is 3.23. The van der Waals surface area contributed by atoms with Crippen LogP contribution >= 0.6 is 0 Å². The van der Waals surface area contributed by atoms with E-state index in [1.54, 1.807) is 17.0 Å². The van der Waals surface area contributed by atoms with Crippen molar-refractivity contribution < 1.29 is 4.39 Å². The minimum atomic E-state index is -0.416. The first-order chi connectivity index (χ1) is 7.67. The van der Waals surface area contributed by atoms with Gasteiger partial charge in [0, 0.05) is 17.8 Å². The van der Waals surface area contributed by atoms with E-state index in [0.29, 0.717) is 11.3 Å². The first-order valence-corrected chi connectivity index (χ1v) is 4.67. The molecule has 0 aliphatic rings. The highest BCUT2D eigenvalue weighted by molar-refractivity contribution is 5.40. The van der Waals surface area contributed by atoms with Gasteiger partial charge in [-0.25, -0.2) is 4.39 Å². The van der Waals surface area contributed by atoms with Crippen LogP contribution in [0.15, 0.2) is 18.2 Å². The van der Waals surface area contributed by atoms with Crippen LogP contribution in [-0.4, -0.2) is 18.0 Å². The second-order valence-corrected chi connectivity index (χ2v) is 3.31. The van der Waals surface area contributed by atoms with E-state index in [1.165, 1.54) is 6.07 Å². The molecule has 4 nitrogen and oxygen atoms in total. The van der Waals surface area contributed by atoms with Gasteiger partial charge in [-0.05, 0) is 12.1 Å². The van der Waals surface area contributed by atoms with Crippen molar-refractivity contribution in [3.05, 3.63) is 29.6 Å². The Hall–Kier alpha value is -2.11. The van der Waals surface area contributed by atoms with E-state index in [9.17, 15) is 4.39 Å². The second kappa shape index (κ2) is 5.69. The Bertz CT molecular complexity index is 428.